The molecule has 1 amide bonds. The second-order valence-electron chi connectivity index (χ2n) is 5.28. The highest BCUT2D eigenvalue weighted by Gasteiger charge is 2.52. The number of nitrogens with one attached hydrogen (secondary N) is 1. The van der Waals surface area contributed by atoms with E-state index in [0.29, 0.717) is 6.61 Å². The number of ether oxygens (including phenoxy) is 1. The van der Waals surface area contributed by atoms with Crippen molar-refractivity contribution in [3.63, 3.8) is 0 Å². The Bertz CT molecular complexity index is 609. The third-order valence-electron chi connectivity index (χ3n) is 4.15. The number of nitrogens with zero attached hydrogens (tertiary/aromatic N) is 1. The standard InChI is InChI=1S/C13H14ClN3O4/c14-6-1-2-7(9(5-6)17(19)20)13(18)16-11-10(15)8-3-4-21-12(8)11/h1-2,5,8,10-12H,3-4,15H2,(H,16,18). The summed E-state index contributed by atoms with van der Waals surface area (Å²) in [6.07, 6.45) is 0.801. The molecule has 0 aromatic heterocycles. The third kappa shape index (κ3) is 2.37. The van der Waals surface area contributed by atoms with Gasteiger partial charge in [-0.15, -0.1) is 0 Å². The number of rotatable bonds is 3. The van der Waals surface area contributed by atoms with E-state index in [1.54, 1.807) is 0 Å². The van der Waals surface area contributed by atoms with Gasteiger partial charge in [-0.25, -0.2) is 0 Å². The Morgan fingerprint density at radius 2 is 2.29 bits per heavy atom. The molecule has 4 atom stereocenters. The van der Waals surface area contributed by atoms with E-state index >= 15 is 0 Å². The molecule has 1 saturated heterocycles. The molecule has 1 aromatic rings. The van der Waals surface area contributed by atoms with Gasteiger partial charge in [0.15, 0.2) is 0 Å². The van der Waals surface area contributed by atoms with Crippen LogP contribution in [0.15, 0.2) is 18.2 Å². The number of nitrogens with two attached hydrogens (primary N) is 1. The Morgan fingerprint density at radius 1 is 1.52 bits per heavy atom. The van der Waals surface area contributed by atoms with Crippen molar-refractivity contribution in [1.29, 1.82) is 0 Å². The van der Waals surface area contributed by atoms with Gasteiger partial charge in [-0.1, -0.05) is 11.6 Å². The molecule has 4 unspecified atom stereocenters. The lowest BCUT2D eigenvalue weighted by Crippen LogP contribution is -2.68. The lowest BCUT2D eigenvalue weighted by molar-refractivity contribution is -0.385. The summed E-state index contributed by atoms with van der Waals surface area (Å²) >= 11 is 5.73. The molecule has 0 spiro atoms. The summed E-state index contributed by atoms with van der Waals surface area (Å²) in [5.41, 5.74) is 5.65. The molecular weight excluding hydrogens is 298 g/mol. The van der Waals surface area contributed by atoms with Crippen LogP contribution < -0.4 is 11.1 Å². The number of fused-ring (bicyclic) bond motifs is 1. The van der Waals surface area contributed by atoms with Crippen LogP contribution in [0.3, 0.4) is 0 Å². The van der Waals surface area contributed by atoms with E-state index in [9.17, 15) is 14.9 Å². The van der Waals surface area contributed by atoms with E-state index in [0.717, 1.165) is 12.5 Å². The van der Waals surface area contributed by atoms with Crippen LogP contribution in [0.2, 0.25) is 5.02 Å². The summed E-state index contributed by atoms with van der Waals surface area (Å²) in [7, 11) is 0. The largest absolute Gasteiger partial charge is 0.376 e. The zero-order valence-corrected chi connectivity index (χ0v) is 11.7. The van der Waals surface area contributed by atoms with Gasteiger partial charge < -0.3 is 15.8 Å². The first-order chi connectivity index (χ1) is 9.99. The fraction of sp³-hybridized carbons (Fsp3) is 0.462. The highest BCUT2D eigenvalue weighted by Crippen LogP contribution is 2.38. The van der Waals surface area contributed by atoms with Crippen molar-refractivity contribution in [3.8, 4) is 0 Å². The minimum Gasteiger partial charge on any atom is -0.376 e. The van der Waals surface area contributed by atoms with Crippen LogP contribution in [0.25, 0.3) is 0 Å². The lowest BCUT2D eigenvalue weighted by atomic mass is 9.72. The predicted octanol–water partition coefficient (Wildman–Crippen LogP) is 1.09. The molecule has 3 rings (SSSR count). The SMILES string of the molecule is NC1C2CCOC2C1NC(=O)c1ccc(Cl)cc1[N+](=O)[O-]. The highest BCUT2D eigenvalue weighted by atomic mass is 35.5. The summed E-state index contributed by atoms with van der Waals surface area (Å²) in [5, 5.41) is 14.0. The van der Waals surface area contributed by atoms with E-state index in [4.69, 9.17) is 22.1 Å². The number of amides is 1. The monoisotopic (exact) mass is 311 g/mol. The molecule has 3 N–H and O–H groups in total. The molecule has 7 nitrogen and oxygen atoms in total. The van der Waals surface area contributed by atoms with E-state index in [2.05, 4.69) is 5.32 Å². The van der Waals surface area contributed by atoms with E-state index < -0.39 is 10.8 Å². The zero-order valence-electron chi connectivity index (χ0n) is 11.0. The Morgan fingerprint density at radius 3 is 3.00 bits per heavy atom. The van der Waals surface area contributed by atoms with E-state index in [1.807, 2.05) is 0 Å². The number of halogens is 1. The average molecular weight is 312 g/mol. The fourth-order valence-corrected chi connectivity index (χ4v) is 3.17. The smallest absolute Gasteiger partial charge is 0.283 e. The van der Waals surface area contributed by atoms with Crippen LogP contribution in [0.5, 0.6) is 0 Å². The molecular formula is C13H14ClN3O4. The molecule has 0 radical (unpaired) electrons. The van der Waals surface area contributed by atoms with Gasteiger partial charge in [0.25, 0.3) is 11.6 Å². The van der Waals surface area contributed by atoms with Crippen molar-refractivity contribution >= 4 is 23.2 Å². The number of hydrogen-bond acceptors (Lipinski definition) is 5. The van der Waals surface area contributed by atoms with Crippen LogP contribution in [-0.4, -0.2) is 35.6 Å². The average Bonchev–Trinajstić information content (AvgIpc) is 2.89. The van der Waals surface area contributed by atoms with Gasteiger partial charge in [-0.2, -0.15) is 0 Å². The normalized spacial score (nSPS) is 30.4. The third-order valence-corrected chi connectivity index (χ3v) is 4.38. The minimum atomic E-state index is -0.629. The molecule has 1 aromatic carbocycles. The van der Waals surface area contributed by atoms with E-state index in [1.165, 1.54) is 12.1 Å². The van der Waals surface area contributed by atoms with Crippen LogP contribution in [0, 0.1) is 16.0 Å². The topological polar surface area (TPSA) is 107 Å². The number of nitro benzene ring substituents is 1. The summed E-state index contributed by atoms with van der Waals surface area (Å²) in [4.78, 5) is 22.6. The maximum absolute atomic E-state index is 12.2. The molecule has 1 heterocycles. The van der Waals surface area contributed by atoms with Gasteiger partial charge in [0.2, 0.25) is 0 Å². The molecule has 2 aliphatic rings. The summed E-state index contributed by atoms with van der Waals surface area (Å²) in [6.45, 7) is 0.635. The number of nitro groups is 1. The molecule has 1 aliphatic heterocycles. The van der Waals surface area contributed by atoms with Crippen LogP contribution in [0.1, 0.15) is 16.8 Å². The fourth-order valence-electron chi connectivity index (χ4n) is 3.00. The van der Waals surface area contributed by atoms with Crippen LogP contribution >= 0.6 is 11.6 Å². The van der Waals surface area contributed by atoms with Gasteiger partial charge in [-0.05, 0) is 18.6 Å². The summed E-state index contributed by atoms with van der Waals surface area (Å²) < 4.78 is 5.52. The maximum Gasteiger partial charge on any atom is 0.283 e. The highest BCUT2D eigenvalue weighted by molar-refractivity contribution is 6.31. The Hall–Kier alpha value is -1.70. The summed E-state index contributed by atoms with van der Waals surface area (Å²) in [6, 6.07) is 3.46. The second-order valence-corrected chi connectivity index (χ2v) is 5.72. The molecule has 2 fully saturated rings. The lowest BCUT2D eigenvalue weighted by Gasteiger charge is -2.45. The first-order valence-corrected chi connectivity index (χ1v) is 6.99. The van der Waals surface area contributed by atoms with Gasteiger partial charge in [-0.3, -0.25) is 14.9 Å². The molecule has 1 saturated carbocycles. The van der Waals surface area contributed by atoms with Gasteiger partial charge in [0.1, 0.15) is 5.56 Å². The number of carbonyl (C=O) groups is 1. The Kier molecular flexibility index (Phi) is 3.56. The van der Waals surface area contributed by atoms with Crippen molar-refractivity contribution < 1.29 is 14.5 Å². The van der Waals surface area contributed by atoms with Gasteiger partial charge in [0.05, 0.1) is 17.1 Å². The molecule has 112 valence electrons. The number of hydrogen-bond donors (Lipinski definition) is 2. The van der Waals surface area contributed by atoms with Gasteiger partial charge >= 0.3 is 0 Å². The minimum absolute atomic E-state index is 0.0296. The number of benzene rings is 1. The zero-order chi connectivity index (χ0) is 15.1. The first kappa shape index (κ1) is 14.2. The van der Waals surface area contributed by atoms with Crippen molar-refractivity contribution in [2.75, 3.05) is 6.61 Å². The molecule has 21 heavy (non-hydrogen) atoms. The predicted molar refractivity (Wildman–Crippen MR) is 75.2 cm³/mol. The first-order valence-electron chi connectivity index (χ1n) is 6.61. The quantitative estimate of drug-likeness (QED) is 0.642. The summed E-state index contributed by atoms with van der Waals surface area (Å²) in [5.74, 6) is -0.275. The Balaban J connectivity index is 1.78. The Labute approximate surface area is 125 Å². The second kappa shape index (κ2) is 5.25. The molecule has 1 aliphatic carbocycles. The number of carbonyl (C=O) groups excluding carboxylic acids is 1. The van der Waals surface area contributed by atoms with E-state index in [-0.39, 0.29) is 40.4 Å². The molecule has 8 heteroatoms. The van der Waals surface area contributed by atoms with Crippen molar-refractivity contribution in [3.05, 3.63) is 38.9 Å². The van der Waals surface area contributed by atoms with Crippen LogP contribution in [-0.2, 0) is 4.74 Å². The van der Waals surface area contributed by atoms with Gasteiger partial charge in [0, 0.05) is 29.7 Å². The van der Waals surface area contributed by atoms with Crippen molar-refractivity contribution in [2.45, 2.75) is 24.6 Å². The van der Waals surface area contributed by atoms with Crippen molar-refractivity contribution in [2.24, 2.45) is 11.7 Å². The van der Waals surface area contributed by atoms with Crippen LogP contribution in [0.4, 0.5) is 5.69 Å². The van der Waals surface area contributed by atoms with Crippen molar-refractivity contribution in [1.82, 2.24) is 5.32 Å². The maximum atomic E-state index is 12.2. The molecule has 0 bridgehead atoms.